The number of carbonyl (C=O) groups excluding carboxylic acids is 1. The number of aromatic nitrogens is 4. The van der Waals surface area contributed by atoms with E-state index in [1.807, 2.05) is 20.8 Å². The number of rotatable bonds is 6. The highest BCUT2D eigenvalue weighted by Crippen LogP contribution is 2.39. The number of carbonyl (C=O) groups is 1. The molecule has 0 spiro atoms. The van der Waals surface area contributed by atoms with Gasteiger partial charge in [-0.2, -0.15) is 5.10 Å². The van der Waals surface area contributed by atoms with Crippen molar-refractivity contribution in [1.29, 1.82) is 0 Å². The van der Waals surface area contributed by atoms with Crippen molar-refractivity contribution in [2.24, 2.45) is 0 Å². The molecule has 2 heterocycles. The normalized spacial score (nSPS) is 14.7. The maximum atomic E-state index is 12.1. The molecule has 8 heteroatoms. The zero-order chi connectivity index (χ0) is 18.0. The molecule has 25 heavy (non-hydrogen) atoms. The van der Waals surface area contributed by atoms with Gasteiger partial charge in [-0.05, 0) is 40.0 Å². The van der Waals surface area contributed by atoms with Crippen LogP contribution < -0.4 is 5.32 Å². The maximum absolute atomic E-state index is 12.1. The van der Waals surface area contributed by atoms with Crippen molar-refractivity contribution in [1.82, 2.24) is 19.7 Å². The highest BCUT2D eigenvalue weighted by Gasteiger charge is 2.27. The van der Waals surface area contributed by atoms with Gasteiger partial charge in [0.25, 0.3) is 0 Å². The first-order chi connectivity index (χ1) is 11.9. The molecule has 3 rings (SSSR count). The summed E-state index contributed by atoms with van der Waals surface area (Å²) in [6.07, 6.45) is 4.34. The van der Waals surface area contributed by atoms with Crippen LogP contribution in [0.2, 0.25) is 0 Å². The van der Waals surface area contributed by atoms with Crippen molar-refractivity contribution in [2.75, 3.05) is 19.0 Å². The highest BCUT2D eigenvalue weighted by atomic mass is 16.6. The minimum Gasteiger partial charge on any atom is -0.444 e. The second kappa shape index (κ2) is 6.95. The van der Waals surface area contributed by atoms with E-state index in [2.05, 4.69) is 15.4 Å². The number of amides is 1. The van der Waals surface area contributed by atoms with Gasteiger partial charge in [0.05, 0.1) is 5.69 Å². The Labute approximate surface area is 146 Å². The van der Waals surface area contributed by atoms with Crippen LogP contribution in [0.1, 0.15) is 51.6 Å². The predicted octanol–water partition coefficient (Wildman–Crippen LogP) is 3.09. The largest absolute Gasteiger partial charge is 0.444 e. The van der Waals surface area contributed by atoms with Crippen LogP contribution in [0.5, 0.6) is 0 Å². The SMILES string of the molecule is COCCCn1nc(NC(=O)OC(C)(C)C)c2ncc(C3CC3)nc21. The van der Waals surface area contributed by atoms with Crippen molar-refractivity contribution in [3.8, 4) is 0 Å². The molecule has 0 unspecified atom stereocenters. The van der Waals surface area contributed by atoms with E-state index in [-0.39, 0.29) is 0 Å². The Morgan fingerprint density at radius 3 is 2.80 bits per heavy atom. The zero-order valence-electron chi connectivity index (χ0n) is 15.2. The fourth-order valence-electron chi connectivity index (χ4n) is 2.53. The van der Waals surface area contributed by atoms with Gasteiger partial charge in [-0.1, -0.05) is 0 Å². The number of hydrogen-bond donors (Lipinski definition) is 1. The number of aryl methyl sites for hydroxylation is 1. The van der Waals surface area contributed by atoms with Crippen molar-refractivity contribution in [3.05, 3.63) is 11.9 Å². The first-order valence-corrected chi connectivity index (χ1v) is 8.60. The summed E-state index contributed by atoms with van der Waals surface area (Å²) in [4.78, 5) is 21.3. The Kier molecular flexibility index (Phi) is 4.89. The van der Waals surface area contributed by atoms with Gasteiger partial charge in [0.15, 0.2) is 17.0 Å². The Morgan fingerprint density at radius 2 is 2.16 bits per heavy atom. The molecule has 1 saturated carbocycles. The molecule has 0 bridgehead atoms. The van der Waals surface area contributed by atoms with E-state index < -0.39 is 11.7 Å². The number of anilines is 1. The van der Waals surface area contributed by atoms with Gasteiger partial charge in [0.1, 0.15) is 5.60 Å². The lowest BCUT2D eigenvalue weighted by Gasteiger charge is -2.19. The standard InChI is InChI=1S/C17H25N5O3/c1-17(2,3)25-16(23)20-14-13-15(22(21-14)8-5-9-24-4)19-12(10-18-13)11-6-7-11/h10-11H,5-9H2,1-4H3,(H,20,21,23). The summed E-state index contributed by atoms with van der Waals surface area (Å²) in [6, 6.07) is 0. The molecular weight excluding hydrogens is 322 g/mol. The van der Waals surface area contributed by atoms with Gasteiger partial charge in [-0.25, -0.2) is 19.4 Å². The topological polar surface area (TPSA) is 91.2 Å². The molecule has 1 aliphatic rings. The van der Waals surface area contributed by atoms with Crippen LogP contribution in [-0.4, -0.2) is 45.2 Å². The minimum absolute atomic E-state index is 0.372. The first-order valence-electron chi connectivity index (χ1n) is 8.60. The smallest absolute Gasteiger partial charge is 0.413 e. The van der Waals surface area contributed by atoms with E-state index >= 15 is 0 Å². The molecule has 1 N–H and O–H groups in total. The molecule has 2 aromatic rings. The van der Waals surface area contributed by atoms with Crippen molar-refractivity contribution in [3.63, 3.8) is 0 Å². The molecule has 0 aromatic carbocycles. The number of nitrogens with one attached hydrogen (secondary N) is 1. The molecule has 2 aromatic heterocycles. The summed E-state index contributed by atoms with van der Waals surface area (Å²) in [6.45, 7) is 6.72. The van der Waals surface area contributed by atoms with Crippen LogP contribution in [0.4, 0.5) is 10.6 Å². The fraction of sp³-hybridized carbons (Fsp3) is 0.647. The number of hydrogen-bond acceptors (Lipinski definition) is 6. The molecular formula is C17H25N5O3. The minimum atomic E-state index is -0.578. The van der Waals surface area contributed by atoms with Crippen LogP contribution in [0.3, 0.4) is 0 Å². The van der Waals surface area contributed by atoms with Gasteiger partial charge in [-0.15, -0.1) is 0 Å². The molecule has 0 radical (unpaired) electrons. The summed E-state index contributed by atoms with van der Waals surface area (Å²) < 4.78 is 12.2. The fourth-order valence-corrected chi connectivity index (χ4v) is 2.53. The van der Waals surface area contributed by atoms with E-state index in [4.69, 9.17) is 14.5 Å². The van der Waals surface area contributed by atoms with Crippen molar-refractivity contribution < 1.29 is 14.3 Å². The second-order valence-corrected chi connectivity index (χ2v) is 7.29. The number of fused-ring (bicyclic) bond motifs is 1. The molecule has 1 amide bonds. The third kappa shape index (κ3) is 4.45. The van der Waals surface area contributed by atoms with Gasteiger partial charge >= 0.3 is 6.09 Å². The quantitative estimate of drug-likeness (QED) is 0.808. The number of methoxy groups -OCH3 is 1. The molecule has 8 nitrogen and oxygen atoms in total. The Bertz CT molecular complexity index is 761. The molecule has 0 aliphatic heterocycles. The number of ether oxygens (including phenoxy) is 2. The molecule has 0 saturated heterocycles. The molecule has 0 atom stereocenters. The second-order valence-electron chi connectivity index (χ2n) is 7.29. The summed E-state index contributed by atoms with van der Waals surface area (Å²) in [5.74, 6) is 0.873. The summed E-state index contributed by atoms with van der Waals surface area (Å²) in [5, 5.41) is 7.17. The monoisotopic (exact) mass is 347 g/mol. The summed E-state index contributed by atoms with van der Waals surface area (Å²) in [7, 11) is 1.67. The van der Waals surface area contributed by atoms with Gasteiger partial charge in [-0.3, -0.25) is 5.32 Å². The highest BCUT2D eigenvalue weighted by molar-refractivity contribution is 5.93. The van der Waals surface area contributed by atoms with E-state index in [0.29, 0.717) is 36.1 Å². The van der Waals surface area contributed by atoms with Crippen LogP contribution in [0.25, 0.3) is 11.2 Å². The lowest BCUT2D eigenvalue weighted by atomic mass is 10.2. The Morgan fingerprint density at radius 1 is 1.40 bits per heavy atom. The summed E-state index contributed by atoms with van der Waals surface area (Å²) >= 11 is 0. The maximum Gasteiger partial charge on any atom is 0.413 e. The average Bonchev–Trinajstić information content (AvgIpc) is 3.31. The molecule has 136 valence electrons. The van der Waals surface area contributed by atoms with Crippen molar-refractivity contribution in [2.45, 2.75) is 58.1 Å². The van der Waals surface area contributed by atoms with E-state index in [9.17, 15) is 4.79 Å². The van der Waals surface area contributed by atoms with E-state index in [1.54, 1.807) is 18.0 Å². The third-order valence-electron chi connectivity index (χ3n) is 3.80. The van der Waals surface area contributed by atoms with Crippen LogP contribution >= 0.6 is 0 Å². The molecule has 1 aliphatic carbocycles. The van der Waals surface area contributed by atoms with E-state index in [1.165, 1.54) is 0 Å². The predicted molar refractivity (Wildman–Crippen MR) is 93.6 cm³/mol. The lowest BCUT2D eigenvalue weighted by molar-refractivity contribution is 0.0635. The van der Waals surface area contributed by atoms with Gasteiger partial charge in [0, 0.05) is 32.4 Å². The number of nitrogens with zero attached hydrogens (tertiary/aromatic N) is 4. The van der Waals surface area contributed by atoms with Crippen molar-refractivity contribution >= 4 is 23.1 Å². The first kappa shape index (κ1) is 17.6. The van der Waals surface area contributed by atoms with E-state index in [0.717, 1.165) is 25.0 Å². The Balaban J connectivity index is 1.87. The Hall–Kier alpha value is -2.22. The van der Waals surface area contributed by atoms with Crippen LogP contribution in [0, 0.1) is 0 Å². The van der Waals surface area contributed by atoms with Crippen LogP contribution in [-0.2, 0) is 16.0 Å². The molecule has 1 fully saturated rings. The third-order valence-corrected chi connectivity index (χ3v) is 3.80. The van der Waals surface area contributed by atoms with Gasteiger partial charge < -0.3 is 9.47 Å². The van der Waals surface area contributed by atoms with Gasteiger partial charge in [0.2, 0.25) is 0 Å². The summed E-state index contributed by atoms with van der Waals surface area (Å²) in [5.41, 5.74) is 1.68. The lowest BCUT2D eigenvalue weighted by Crippen LogP contribution is -2.27. The van der Waals surface area contributed by atoms with Crippen LogP contribution in [0.15, 0.2) is 6.20 Å². The average molecular weight is 347 g/mol. The zero-order valence-corrected chi connectivity index (χ0v) is 15.2.